The Labute approximate surface area is 112 Å². The lowest BCUT2D eigenvalue weighted by Gasteiger charge is -2.06. The van der Waals surface area contributed by atoms with Crippen LogP contribution in [0.15, 0.2) is 18.2 Å². The van der Waals surface area contributed by atoms with Crippen molar-refractivity contribution in [2.24, 2.45) is 5.92 Å². The molecule has 0 fully saturated rings. The lowest BCUT2D eigenvalue weighted by molar-refractivity contribution is 0.0593. The van der Waals surface area contributed by atoms with Crippen molar-refractivity contribution in [3.05, 3.63) is 29.5 Å². The number of esters is 1. The van der Waals surface area contributed by atoms with Gasteiger partial charge in [0.05, 0.1) is 19.7 Å². The quantitative estimate of drug-likeness (QED) is 0.860. The van der Waals surface area contributed by atoms with Gasteiger partial charge in [0.1, 0.15) is 11.4 Å². The Morgan fingerprint density at radius 2 is 2.05 bits per heavy atom. The molecule has 0 bridgehead atoms. The highest BCUT2D eigenvalue weighted by atomic mass is 16.5. The number of aromatic amines is 1. The van der Waals surface area contributed by atoms with Gasteiger partial charge in [-0.2, -0.15) is 0 Å². The SMILES string of the molecule is COC(=O)c1[nH]c2cc(OC)ccc2c1CC(C)C. The number of aromatic nitrogens is 1. The topological polar surface area (TPSA) is 51.3 Å². The maximum atomic E-state index is 11.9. The van der Waals surface area contributed by atoms with Crippen molar-refractivity contribution in [3.8, 4) is 5.75 Å². The van der Waals surface area contributed by atoms with Crippen molar-refractivity contribution in [2.45, 2.75) is 20.3 Å². The summed E-state index contributed by atoms with van der Waals surface area (Å²) in [5, 5.41) is 1.05. The molecule has 4 nitrogen and oxygen atoms in total. The molecule has 0 spiro atoms. The lowest BCUT2D eigenvalue weighted by atomic mass is 9.99. The van der Waals surface area contributed by atoms with E-state index in [9.17, 15) is 4.79 Å². The number of methoxy groups -OCH3 is 2. The average molecular weight is 261 g/mol. The van der Waals surface area contributed by atoms with Gasteiger partial charge in [-0.15, -0.1) is 0 Å². The van der Waals surface area contributed by atoms with E-state index < -0.39 is 0 Å². The largest absolute Gasteiger partial charge is 0.497 e. The van der Waals surface area contributed by atoms with Crippen LogP contribution in [-0.2, 0) is 11.2 Å². The molecule has 1 aromatic carbocycles. The lowest BCUT2D eigenvalue weighted by Crippen LogP contribution is -2.06. The van der Waals surface area contributed by atoms with Crippen LogP contribution in [0.4, 0.5) is 0 Å². The van der Waals surface area contributed by atoms with E-state index in [1.54, 1.807) is 7.11 Å². The monoisotopic (exact) mass is 261 g/mol. The molecular formula is C15H19NO3. The summed E-state index contributed by atoms with van der Waals surface area (Å²) in [7, 11) is 3.02. The Kier molecular flexibility index (Phi) is 3.79. The highest BCUT2D eigenvalue weighted by molar-refractivity contribution is 5.98. The molecule has 0 radical (unpaired) electrons. The van der Waals surface area contributed by atoms with Crippen molar-refractivity contribution in [2.75, 3.05) is 14.2 Å². The number of nitrogens with one attached hydrogen (secondary N) is 1. The van der Waals surface area contributed by atoms with Gasteiger partial charge in [0, 0.05) is 11.5 Å². The predicted octanol–water partition coefficient (Wildman–Crippen LogP) is 3.16. The predicted molar refractivity (Wildman–Crippen MR) is 74.7 cm³/mol. The van der Waals surface area contributed by atoms with E-state index >= 15 is 0 Å². The second-order valence-corrected chi connectivity index (χ2v) is 4.98. The summed E-state index contributed by atoms with van der Waals surface area (Å²) in [6.45, 7) is 4.26. The Balaban J connectivity index is 2.61. The van der Waals surface area contributed by atoms with Gasteiger partial charge >= 0.3 is 5.97 Å². The second kappa shape index (κ2) is 5.34. The Bertz CT molecular complexity index is 599. The number of rotatable bonds is 4. The minimum atomic E-state index is -0.328. The van der Waals surface area contributed by atoms with Crippen molar-refractivity contribution in [3.63, 3.8) is 0 Å². The fraction of sp³-hybridized carbons (Fsp3) is 0.400. The molecular weight excluding hydrogens is 242 g/mol. The molecule has 102 valence electrons. The van der Waals surface area contributed by atoms with Gasteiger partial charge in [0.15, 0.2) is 0 Å². The van der Waals surface area contributed by atoms with Gasteiger partial charge < -0.3 is 14.5 Å². The van der Waals surface area contributed by atoms with Crippen LogP contribution in [0.3, 0.4) is 0 Å². The van der Waals surface area contributed by atoms with Gasteiger partial charge in [-0.25, -0.2) is 4.79 Å². The first kappa shape index (κ1) is 13.5. The molecule has 2 aromatic rings. The van der Waals surface area contributed by atoms with Crippen LogP contribution in [-0.4, -0.2) is 25.2 Å². The zero-order chi connectivity index (χ0) is 14.0. The number of fused-ring (bicyclic) bond motifs is 1. The van der Waals surface area contributed by atoms with E-state index in [-0.39, 0.29) is 5.97 Å². The van der Waals surface area contributed by atoms with Gasteiger partial charge in [-0.3, -0.25) is 0 Å². The van der Waals surface area contributed by atoms with Crippen molar-refractivity contribution < 1.29 is 14.3 Å². The van der Waals surface area contributed by atoms with Crippen LogP contribution >= 0.6 is 0 Å². The number of ether oxygens (including phenoxy) is 2. The van der Waals surface area contributed by atoms with E-state index in [2.05, 4.69) is 18.8 Å². The first-order valence-electron chi connectivity index (χ1n) is 6.33. The standard InChI is InChI=1S/C15H19NO3/c1-9(2)7-12-11-6-5-10(18-3)8-13(11)16-14(12)15(17)19-4/h5-6,8-9,16H,7H2,1-4H3. The van der Waals surface area contributed by atoms with Crippen LogP contribution in [0, 0.1) is 5.92 Å². The van der Waals surface area contributed by atoms with Crippen molar-refractivity contribution in [1.82, 2.24) is 4.98 Å². The summed E-state index contributed by atoms with van der Waals surface area (Å²) in [5.41, 5.74) is 2.45. The molecule has 0 saturated heterocycles. The van der Waals surface area contributed by atoms with Crippen LogP contribution in [0.1, 0.15) is 29.9 Å². The van der Waals surface area contributed by atoms with Gasteiger partial charge in [-0.05, 0) is 30.0 Å². The normalized spacial score (nSPS) is 11.0. The molecule has 0 unspecified atom stereocenters. The van der Waals surface area contributed by atoms with Gasteiger partial charge in [-0.1, -0.05) is 13.8 Å². The molecule has 0 atom stereocenters. The van der Waals surface area contributed by atoms with E-state index in [0.29, 0.717) is 11.6 Å². The molecule has 19 heavy (non-hydrogen) atoms. The minimum Gasteiger partial charge on any atom is -0.497 e. The third kappa shape index (κ3) is 2.57. The van der Waals surface area contributed by atoms with Crippen molar-refractivity contribution >= 4 is 16.9 Å². The van der Waals surface area contributed by atoms with Crippen LogP contribution in [0.25, 0.3) is 10.9 Å². The number of hydrogen-bond acceptors (Lipinski definition) is 3. The van der Waals surface area contributed by atoms with E-state index in [1.807, 2.05) is 18.2 Å². The maximum Gasteiger partial charge on any atom is 0.354 e. The first-order valence-corrected chi connectivity index (χ1v) is 6.33. The van der Waals surface area contributed by atoms with Crippen LogP contribution < -0.4 is 4.74 Å². The minimum absolute atomic E-state index is 0.328. The highest BCUT2D eigenvalue weighted by Crippen LogP contribution is 2.28. The van der Waals surface area contributed by atoms with E-state index in [4.69, 9.17) is 9.47 Å². The zero-order valence-electron chi connectivity index (χ0n) is 11.7. The smallest absolute Gasteiger partial charge is 0.354 e. The zero-order valence-corrected chi connectivity index (χ0v) is 11.7. The van der Waals surface area contributed by atoms with Crippen LogP contribution in [0.5, 0.6) is 5.75 Å². The number of hydrogen-bond donors (Lipinski definition) is 1. The first-order chi connectivity index (χ1) is 9.06. The summed E-state index contributed by atoms with van der Waals surface area (Å²) < 4.78 is 10.0. The summed E-state index contributed by atoms with van der Waals surface area (Å²) in [6.07, 6.45) is 0.830. The number of H-pyrrole nitrogens is 1. The van der Waals surface area contributed by atoms with Crippen LogP contribution in [0.2, 0.25) is 0 Å². The summed E-state index contributed by atoms with van der Waals surface area (Å²) >= 11 is 0. The fourth-order valence-electron chi connectivity index (χ4n) is 2.26. The Hall–Kier alpha value is -1.97. The third-order valence-corrected chi connectivity index (χ3v) is 3.12. The number of carbonyl (C=O) groups is 1. The molecule has 2 rings (SSSR count). The Morgan fingerprint density at radius 1 is 1.32 bits per heavy atom. The molecule has 1 N–H and O–H groups in total. The van der Waals surface area contributed by atoms with Gasteiger partial charge in [0.25, 0.3) is 0 Å². The third-order valence-electron chi connectivity index (χ3n) is 3.12. The summed E-state index contributed by atoms with van der Waals surface area (Å²) in [5.74, 6) is 0.900. The molecule has 0 aliphatic carbocycles. The van der Waals surface area contributed by atoms with Gasteiger partial charge in [0.2, 0.25) is 0 Å². The summed E-state index contributed by atoms with van der Waals surface area (Å²) in [4.78, 5) is 15.0. The van der Waals surface area contributed by atoms with E-state index in [0.717, 1.165) is 28.6 Å². The molecule has 4 heteroatoms. The maximum absolute atomic E-state index is 11.9. The number of benzene rings is 1. The fourth-order valence-corrected chi connectivity index (χ4v) is 2.26. The number of carbonyl (C=O) groups excluding carboxylic acids is 1. The average Bonchev–Trinajstić information content (AvgIpc) is 2.75. The molecule has 0 aliphatic rings. The Morgan fingerprint density at radius 3 is 2.63 bits per heavy atom. The summed E-state index contributed by atoms with van der Waals surface area (Å²) in [6, 6.07) is 5.78. The highest BCUT2D eigenvalue weighted by Gasteiger charge is 2.19. The second-order valence-electron chi connectivity index (χ2n) is 4.98. The molecule has 0 amide bonds. The van der Waals surface area contributed by atoms with Crippen molar-refractivity contribution in [1.29, 1.82) is 0 Å². The molecule has 1 heterocycles. The molecule has 0 saturated carbocycles. The molecule has 1 aromatic heterocycles. The van der Waals surface area contributed by atoms with E-state index in [1.165, 1.54) is 7.11 Å². The molecule has 0 aliphatic heterocycles.